The second kappa shape index (κ2) is 8.87. The van der Waals surface area contributed by atoms with Crippen LogP contribution in [0.4, 0.5) is 18.9 Å². The summed E-state index contributed by atoms with van der Waals surface area (Å²) in [5, 5.41) is 1.04. The van der Waals surface area contributed by atoms with E-state index < -0.39 is 11.7 Å². The van der Waals surface area contributed by atoms with E-state index in [9.17, 15) is 13.2 Å². The molecule has 1 atom stereocenters. The van der Waals surface area contributed by atoms with Crippen molar-refractivity contribution in [3.63, 3.8) is 0 Å². The van der Waals surface area contributed by atoms with Crippen molar-refractivity contribution in [2.24, 2.45) is 0 Å². The molecule has 4 aromatic rings. The number of piperazine rings is 1. The molecule has 1 aromatic heterocycles. The molecule has 1 fully saturated rings. The number of anilines is 1. The molecule has 0 bridgehead atoms. The fourth-order valence-electron chi connectivity index (χ4n) is 4.60. The molecule has 0 spiro atoms. The van der Waals surface area contributed by atoms with Gasteiger partial charge >= 0.3 is 6.18 Å². The topological polar surface area (TPSA) is 19.4 Å². The first-order chi connectivity index (χ1) is 16.0. The molecule has 2 heterocycles. The largest absolute Gasteiger partial charge is 0.416 e. The van der Waals surface area contributed by atoms with Crippen LogP contribution in [-0.4, -0.2) is 36.1 Å². The monoisotopic (exact) mass is 447 g/mol. The minimum atomic E-state index is -4.35. The molecule has 1 saturated heterocycles. The van der Waals surface area contributed by atoms with Gasteiger partial charge in [-0.1, -0.05) is 48.5 Å². The number of pyridine rings is 1. The summed E-state index contributed by atoms with van der Waals surface area (Å²) >= 11 is 0. The second-order valence-corrected chi connectivity index (χ2v) is 8.34. The minimum Gasteiger partial charge on any atom is -0.369 e. The first-order valence-corrected chi connectivity index (χ1v) is 11.0. The van der Waals surface area contributed by atoms with E-state index in [1.165, 1.54) is 17.8 Å². The lowest BCUT2D eigenvalue weighted by Gasteiger charge is -2.40. The number of benzene rings is 3. The predicted octanol–water partition coefficient (Wildman–Crippen LogP) is 6.17. The van der Waals surface area contributed by atoms with Crippen molar-refractivity contribution in [3.05, 3.63) is 108 Å². The lowest BCUT2D eigenvalue weighted by atomic mass is 9.94. The highest BCUT2D eigenvalue weighted by molar-refractivity contribution is 5.79. The zero-order valence-electron chi connectivity index (χ0n) is 18.0. The molecule has 0 saturated carbocycles. The third-order valence-corrected chi connectivity index (χ3v) is 6.30. The standard InChI is InChI=1S/C27H24F3N3/c28-27(29,30)23-12-10-21(11-13-23)26(22-9-8-20-5-4-14-31-25(20)19-22)33-17-15-32(16-18-33)24-6-2-1-3-7-24/h1-14,19,26H,15-18H2. The Morgan fingerprint density at radius 1 is 0.727 bits per heavy atom. The van der Waals surface area contributed by atoms with E-state index in [-0.39, 0.29) is 6.04 Å². The van der Waals surface area contributed by atoms with Crippen LogP contribution >= 0.6 is 0 Å². The summed E-state index contributed by atoms with van der Waals surface area (Å²) in [5.41, 5.74) is 3.34. The van der Waals surface area contributed by atoms with Crippen molar-refractivity contribution in [1.29, 1.82) is 0 Å². The zero-order valence-corrected chi connectivity index (χ0v) is 18.0. The van der Waals surface area contributed by atoms with Gasteiger partial charge in [-0.3, -0.25) is 9.88 Å². The van der Waals surface area contributed by atoms with Crippen LogP contribution < -0.4 is 4.90 Å². The maximum atomic E-state index is 13.2. The number of para-hydroxylation sites is 1. The number of aromatic nitrogens is 1. The van der Waals surface area contributed by atoms with Crippen LogP contribution in [0.25, 0.3) is 10.9 Å². The normalized spacial score (nSPS) is 16.2. The summed E-state index contributed by atoms with van der Waals surface area (Å²) in [7, 11) is 0. The van der Waals surface area contributed by atoms with Gasteiger partial charge in [-0.2, -0.15) is 13.2 Å². The molecular formula is C27H24F3N3. The number of rotatable bonds is 4. The van der Waals surface area contributed by atoms with Crippen LogP contribution in [0, 0.1) is 0 Å². The quantitative estimate of drug-likeness (QED) is 0.373. The highest BCUT2D eigenvalue weighted by Gasteiger charge is 2.31. The van der Waals surface area contributed by atoms with Gasteiger partial charge in [-0.05, 0) is 47.5 Å². The van der Waals surface area contributed by atoms with Gasteiger partial charge in [0.05, 0.1) is 17.1 Å². The minimum absolute atomic E-state index is 0.142. The van der Waals surface area contributed by atoms with Crippen LogP contribution in [-0.2, 0) is 6.18 Å². The van der Waals surface area contributed by atoms with Crippen molar-refractivity contribution in [2.45, 2.75) is 12.2 Å². The summed E-state index contributed by atoms with van der Waals surface area (Å²) in [6.07, 6.45) is -2.58. The van der Waals surface area contributed by atoms with Crippen LogP contribution in [0.2, 0.25) is 0 Å². The Morgan fingerprint density at radius 3 is 2.12 bits per heavy atom. The van der Waals surface area contributed by atoms with Crippen molar-refractivity contribution >= 4 is 16.6 Å². The molecule has 1 aliphatic rings. The van der Waals surface area contributed by atoms with E-state index in [0.717, 1.165) is 48.2 Å². The fraction of sp³-hybridized carbons (Fsp3) is 0.222. The van der Waals surface area contributed by atoms with E-state index in [0.29, 0.717) is 0 Å². The van der Waals surface area contributed by atoms with Gasteiger partial charge in [-0.25, -0.2) is 0 Å². The summed E-state index contributed by atoms with van der Waals surface area (Å²) < 4.78 is 39.5. The lowest BCUT2D eigenvalue weighted by Crippen LogP contribution is -2.48. The maximum absolute atomic E-state index is 13.2. The molecule has 0 radical (unpaired) electrons. The van der Waals surface area contributed by atoms with Gasteiger partial charge < -0.3 is 4.90 Å². The van der Waals surface area contributed by atoms with Crippen LogP contribution in [0.15, 0.2) is 91.1 Å². The Labute approximate surface area is 191 Å². The molecule has 3 nitrogen and oxygen atoms in total. The van der Waals surface area contributed by atoms with Crippen molar-refractivity contribution < 1.29 is 13.2 Å². The number of alkyl halides is 3. The average molecular weight is 448 g/mol. The Hall–Kier alpha value is -3.38. The van der Waals surface area contributed by atoms with Gasteiger partial charge in [0.1, 0.15) is 0 Å². The van der Waals surface area contributed by atoms with E-state index in [2.05, 4.69) is 39.0 Å². The molecule has 6 heteroatoms. The van der Waals surface area contributed by atoms with Crippen molar-refractivity contribution in [3.8, 4) is 0 Å². The van der Waals surface area contributed by atoms with Gasteiger partial charge in [0.25, 0.3) is 0 Å². The molecule has 5 rings (SSSR count). The second-order valence-electron chi connectivity index (χ2n) is 8.34. The number of fused-ring (bicyclic) bond motifs is 1. The third-order valence-electron chi connectivity index (χ3n) is 6.30. The molecule has 0 N–H and O–H groups in total. The van der Waals surface area contributed by atoms with E-state index in [1.807, 2.05) is 36.4 Å². The number of hydrogen-bond donors (Lipinski definition) is 0. The number of hydrogen-bond acceptors (Lipinski definition) is 3. The zero-order chi connectivity index (χ0) is 22.8. The van der Waals surface area contributed by atoms with E-state index >= 15 is 0 Å². The Balaban J connectivity index is 1.47. The first-order valence-electron chi connectivity index (χ1n) is 11.0. The van der Waals surface area contributed by atoms with Crippen LogP contribution in [0.1, 0.15) is 22.7 Å². The molecule has 0 amide bonds. The Bertz CT molecular complexity index is 1210. The van der Waals surface area contributed by atoms with Gasteiger partial charge in [0.15, 0.2) is 0 Å². The van der Waals surface area contributed by atoms with Crippen LogP contribution in [0.3, 0.4) is 0 Å². The van der Waals surface area contributed by atoms with E-state index in [1.54, 1.807) is 18.3 Å². The fourth-order valence-corrected chi connectivity index (χ4v) is 4.60. The summed E-state index contributed by atoms with van der Waals surface area (Å²) in [6, 6.07) is 25.8. The van der Waals surface area contributed by atoms with Crippen molar-refractivity contribution in [1.82, 2.24) is 9.88 Å². The Morgan fingerprint density at radius 2 is 1.42 bits per heavy atom. The average Bonchev–Trinajstić information content (AvgIpc) is 2.85. The van der Waals surface area contributed by atoms with Gasteiger partial charge in [0.2, 0.25) is 0 Å². The first kappa shape index (κ1) is 21.5. The van der Waals surface area contributed by atoms with E-state index in [4.69, 9.17) is 0 Å². The summed E-state index contributed by atoms with van der Waals surface area (Å²) in [6.45, 7) is 3.32. The molecular weight excluding hydrogens is 423 g/mol. The maximum Gasteiger partial charge on any atom is 0.416 e. The summed E-state index contributed by atoms with van der Waals surface area (Å²) in [4.78, 5) is 9.19. The highest BCUT2D eigenvalue weighted by Crippen LogP contribution is 2.35. The summed E-state index contributed by atoms with van der Waals surface area (Å²) in [5.74, 6) is 0. The van der Waals surface area contributed by atoms with Crippen LogP contribution in [0.5, 0.6) is 0 Å². The lowest BCUT2D eigenvalue weighted by molar-refractivity contribution is -0.137. The van der Waals surface area contributed by atoms with Gasteiger partial charge in [-0.15, -0.1) is 0 Å². The number of nitrogens with zero attached hydrogens (tertiary/aromatic N) is 3. The highest BCUT2D eigenvalue weighted by atomic mass is 19.4. The van der Waals surface area contributed by atoms with Crippen molar-refractivity contribution in [2.75, 3.05) is 31.1 Å². The molecule has 3 aromatic carbocycles. The van der Waals surface area contributed by atoms with Gasteiger partial charge in [0, 0.05) is 43.4 Å². The molecule has 0 aliphatic carbocycles. The predicted molar refractivity (Wildman–Crippen MR) is 125 cm³/mol. The molecule has 1 aliphatic heterocycles. The smallest absolute Gasteiger partial charge is 0.369 e. The molecule has 1 unspecified atom stereocenters. The molecule has 168 valence electrons. The SMILES string of the molecule is FC(F)(F)c1ccc(C(c2ccc3cccnc3c2)N2CCN(c3ccccc3)CC2)cc1. The molecule has 33 heavy (non-hydrogen) atoms. The number of halogens is 3. The Kier molecular flexibility index (Phi) is 5.77. The third kappa shape index (κ3) is 4.57.